The lowest BCUT2D eigenvalue weighted by molar-refractivity contribution is 0.255. The fourth-order valence-corrected chi connectivity index (χ4v) is 1.36. The number of rotatable bonds is 3. The van der Waals surface area contributed by atoms with Gasteiger partial charge in [-0.05, 0) is 27.4 Å². The van der Waals surface area contributed by atoms with Crippen LogP contribution >= 0.6 is 0 Å². The summed E-state index contributed by atoms with van der Waals surface area (Å²) >= 11 is 0. The van der Waals surface area contributed by atoms with Crippen molar-refractivity contribution in [2.24, 2.45) is 0 Å². The van der Waals surface area contributed by atoms with Gasteiger partial charge in [0.05, 0.1) is 0 Å². The Kier molecular flexibility index (Phi) is 7.81. The third-order valence-corrected chi connectivity index (χ3v) is 2.38. The Balaban J connectivity index is 0.000000791. The normalized spacial score (nSPS) is 17.4. The first-order valence-corrected chi connectivity index (χ1v) is 5.71. The SMILES string of the molecule is CC.CC1=CCN(CCN(C)C)CC1. The minimum atomic E-state index is 1.15. The van der Waals surface area contributed by atoms with Gasteiger partial charge in [0, 0.05) is 26.2 Å². The number of nitrogens with zero attached hydrogens (tertiary/aromatic N) is 2. The summed E-state index contributed by atoms with van der Waals surface area (Å²) in [6.07, 6.45) is 3.60. The van der Waals surface area contributed by atoms with Gasteiger partial charge in [0.25, 0.3) is 0 Å². The molecule has 1 heterocycles. The van der Waals surface area contributed by atoms with Crippen molar-refractivity contribution in [3.05, 3.63) is 11.6 Å². The van der Waals surface area contributed by atoms with Gasteiger partial charge in [-0.15, -0.1) is 0 Å². The first kappa shape index (κ1) is 13.7. The second kappa shape index (κ2) is 8.01. The van der Waals surface area contributed by atoms with Gasteiger partial charge in [0.2, 0.25) is 0 Å². The van der Waals surface area contributed by atoms with E-state index in [1.807, 2.05) is 13.8 Å². The Morgan fingerprint density at radius 1 is 1.36 bits per heavy atom. The van der Waals surface area contributed by atoms with Crippen molar-refractivity contribution in [3.63, 3.8) is 0 Å². The van der Waals surface area contributed by atoms with Crippen LogP contribution in [0.1, 0.15) is 27.2 Å². The second-order valence-corrected chi connectivity index (χ2v) is 3.90. The molecule has 0 aromatic heterocycles. The lowest BCUT2D eigenvalue weighted by atomic mass is 10.1. The summed E-state index contributed by atoms with van der Waals surface area (Å²) in [5, 5.41) is 0. The van der Waals surface area contributed by atoms with E-state index in [0.29, 0.717) is 0 Å². The summed E-state index contributed by atoms with van der Waals surface area (Å²) in [6, 6.07) is 0. The van der Waals surface area contributed by atoms with E-state index in [-0.39, 0.29) is 0 Å². The van der Waals surface area contributed by atoms with Crippen molar-refractivity contribution in [2.45, 2.75) is 27.2 Å². The van der Waals surface area contributed by atoms with E-state index < -0.39 is 0 Å². The van der Waals surface area contributed by atoms with Crippen LogP contribution in [0.2, 0.25) is 0 Å². The molecule has 2 nitrogen and oxygen atoms in total. The fourth-order valence-electron chi connectivity index (χ4n) is 1.36. The van der Waals surface area contributed by atoms with Crippen molar-refractivity contribution in [2.75, 3.05) is 40.3 Å². The van der Waals surface area contributed by atoms with Gasteiger partial charge >= 0.3 is 0 Å². The molecule has 0 atom stereocenters. The number of hydrogen-bond acceptors (Lipinski definition) is 2. The zero-order chi connectivity index (χ0) is 11.0. The van der Waals surface area contributed by atoms with Crippen LogP contribution in [-0.4, -0.2) is 50.1 Å². The predicted molar refractivity (Wildman–Crippen MR) is 64.7 cm³/mol. The van der Waals surface area contributed by atoms with E-state index in [9.17, 15) is 0 Å². The highest BCUT2D eigenvalue weighted by Gasteiger charge is 2.08. The molecule has 84 valence electrons. The molecule has 0 aliphatic carbocycles. The second-order valence-electron chi connectivity index (χ2n) is 3.90. The molecule has 0 N–H and O–H groups in total. The van der Waals surface area contributed by atoms with E-state index >= 15 is 0 Å². The number of likely N-dealkylation sites (N-methyl/N-ethyl adjacent to an activating group) is 1. The quantitative estimate of drug-likeness (QED) is 0.642. The summed E-state index contributed by atoms with van der Waals surface area (Å²) in [5.41, 5.74) is 1.55. The van der Waals surface area contributed by atoms with Gasteiger partial charge in [-0.2, -0.15) is 0 Å². The highest BCUT2D eigenvalue weighted by molar-refractivity contribution is 5.03. The minimum Gasteiger partial charge on any atom is -0.308 e. The van der Waals surface area contributed by atoms with Gasteiger partial charge in [-0.25, -0.2) is 0 Å². The van der Waals surface area contributed by atoms with Crippen LogP contribution in [0, 0.1) is 0 Å². The summed E-state index contributed by atoms with van der Waals surface area (Å²) in [5.74, 6) is 0. The monoisotopic (exact) mass is 198 g/mol. The van der Waals surface area contributed by atoms with Crippen LogP contribution in [0.15, 0.2) is 11.6 Å². The van der Waals surface area contributed by atoms with E-state index in [2.05, 4.69) is 36.9 Å². The molecule has 0 radical (unpaired) electrons. The van der Waals surface area contributed by atoms with Crippen molar-refractivity contribution in [3.8, 4) is 0 Å². The molecular weight excluding hydrogens is 172 g/mol. The molecule has 0 bridgehead atoms. The molecule has 1 aliphatic rings. The number of hydrogen-bond donors (Lipinski definition) is 0. The molecular formula is C12H26N2. The Morgan fingerprint density at radius 2 is 2.00 bits per heavy atom. The third-order valence-electron chi connectivity index (χ3n) is 2.38. The highest BCUT2D eigenvalue weighted by atomic mass is 15.2. The molecule has 0 spiro atoms. The molecule has 0 aromatic carbocycles. The zero-order valence-electron chi connectivity index (χ0n) is 10.5. The maximum Gasteiger partial charge on any atom is 0.0166 e. The lowest BCUT2D eigenvalue weighted by Gasteiger charge is -2.26. The van der Waals surface area contributed by atoms with Crippen LogP contribution in [0.3, 0.4) is 0 Å². The molecule has 14 heavy (non-hydrogen) atoms. The molecule has 1 aliphatic heterocycles. The zero-order valence-corrected chi connectivity index (χ0v) is 10.5. The van der Waals surface area contributed by atoms with Crippen molar-refractivity contribution >= 4 is 0 Å². The molecule has 0 unspecified atom stereocenters. The van der Waals surface area contributed by atoms with Crippen molar-refractivity contribution < 1.29 is 0 Å². The lowest BCUT2D eigenvalue weighted by Crippen LogP contribution is -2.34. The maximum absolute atomic E-state index is 2.51. The topological polar surface area (TPSA) is 6.48 Å². The maximum atomic E-state index is 2.51. The molecule has 0 aromatic rings. The summed E-state index contributed by atoms with van der Waals surface area (Å²) in [6.45, 7) is 11.0. The van der Waals surface area contributed by atoms with Crippen LogP contribution < -0.4 is 0 Å². The Bertz CT molecular complexity index is 162. The average molecular weight is 198 g/mol. The van der Waals surface area contributed by atoms with E-state index in [0.717, 1.165) is 6.54 Å². The van der Waals surface area contributed by atoms with Crippen LogP contribution in [0.5, 0.6) is 0 Å². The van der Waals surface area contributed by atoms with Crippen LogP contribution in [-0.2, 0) is 0 Å². The summed E-state index contributed by atoms with van der Waals surface area (Å²) in [7, 11) is 4.26. The van der Waals surface area contributed by atoms with Crippen LogP contribution in [0.25, 0.3) is 0 Å². The van der Waals surface area contributed by atoms with Crippen LogP contribution in [0.4, 0.5) is 0 Å². The van der Waals surface area contributed by atoms with Crippen molar-refractivity contribution in [1.82, 2.24) is 9.80 Å². The third kappa shape index (κ3) is 6.17. The van der Waals surface area contributed by atoms with E-state index in [1.165, 1.54) is 26.1 Å². The average Bonchev–Trinajstić information content (AvgIpc) is 2.20. The predicted octanol–water partition coefficient (Wildman–Crippen LogP) is 2.23. The standard InChI is InChI=1S/C10H20N2.C2H6/c1-10-4-6-12(7-5-10)9-8-11(2)3;1-2/h4H,5-9H2,1-3H3;1-2H3. The molecule has 0 saturated heterocycles. The Hall–Kier alpha value is -0.340. The first-order chi connectivity index (χ1) is 6.68. The van der Waals surface area contributed by atoms with Gasteiger partial charge < -0.3 is 4.90 Å². The van der Waals surface area contributed by atoms with Gasteiger partial charge in [0.1, 0.15) is 0 Å². The molecule has 2 heteroatoms. The highest BCUT2D eigenvalue weighted by Crippen LogP contribution is 2.08. The van der Waals surface area contributed by atoms with E-state index in [1.54, 1.807) is 5.57 Å². The Labute approximate surface area is 89.6 Å². The van der Waals surface area contributed by atoms with Gasteiger partial charge in [-0.1, -0.05) is 25.5 Å². The first-order valence-electron chi connectivity index (χ1n) is 5.71. The van der Waals surface area contributed by atoms with Gasteiger partial charge in [0.15, 0.2) is 0 Å². The smallest absolute Gasteiger partial charge is 0.0166 e. The molecule has 1 rings (SSSR count). The summed E-state index contributed by atoms with van der Waals surface area (Å²) < 4.78 is 0. The fraction of sp³-hybridized carbons (Fsp3) is 0.833. The molecule has 0 saturated carbocycles. The Morgan fingerprint density at radius 3 is 2.43 bits per heavy atom. The minimum absolute atomic E-state index is 1.15. The molecule has 0 fully saturated rings. The summed E-state index contributed by atoms with van der Waals surface area (Å²) in [4.78, 5) is 4.75. The van der Waals surface area contributed by atoms with Crippen molar-refractivity contribution in [1.29, 1.82) is 0 Å². The van der Waals surface area contributed by atoms with E-state index in [4.69, 9.17) is 0 Å². The van der Waals surface area contributed by atoms with Gasteiger partial charge in [-0.3, -0.25) is 4.90 Å². The molecule has 0 amide bonds. The largest absolute Gasteiger partial charge is 0.308 e.